The van der Waals surface area contributed by atoms with Crippen molar-refractivity contribution in [3.05, 3.63) is 30.0 Å². The first-order valence-electron chi connectivity index (χ1n) is 4.17. The molecule has 0 aliphatic rings. The van der Waals surface area contributed by atoms with Crippen molar-refractivity contribution in [1.29, 1.82) is 0 Å². The van der Waals surface area contributed by atoms with Gasteiger partial charge in [-0.2, -0.15) is 0 Å². The largest absolute Gasteiger partial charge is 0.508 e. The van der Waals surface area contributed by atoms with E-state index in [0.717, 1.165) is 6.92 Å². The van der Waals surface area contributed by atoms with Gasteiger partial charge >= 0.3 is 0 Å². The summed E-state index contributed by atoms with van der Waals surface area (Å²) in [5, 5.41) is 9.80. The Kier molecular flexibility index (Phi) is 1.74. The van der Waals surface area contributed by atoms with Gasteiger partial charge in [0, 0.05) is 23.9 Å². The predicted octanol–water partition coefficient (Wildman–Crippen LogP) is 2.99. The van der Waals surface area contributed by atoms with Crippen LogP contribution in [0.1, 0.15) is 12.6 Å². The summed E-state index contributed by atoms with van der Waals surface area (Å²) in [6.45, 7) is 0.831. The highest BCUT2D eigenvalue weighted by atomic mass is 19.3. The number of fused-ring (bicyclic) bond motifs is 1. The van der Waals surface area contributed by atoms with Crippen molar-refractivity contribution >= 4 is 10.9 Å². The van der Waals surface area contributed by atoms with E-state index in [1.807, 2.05) is 0 Å². The summed E-state index contributed by atoms with van der Waals surface area (Å²) in [7, 11) is 0. The second-order valence-electron chi connectivity index (χ2n) is 3.34. The number of nitrogens with one attached hydrogen (secondary N) is 1. The smallest absolute Gasteiger partial charge is 0.284 e. The summed E-state index contributed by atoms with van der Waals surface area (Å²) in [5.74, 6) is -2.82. The number of aromatic nitrogens is 1. The molecule has 0 saturated heterocycles. The normalized spacial score (nSPS) is 12.2. The number of aromatic amines is 1. The highest BCUT2D eigenvalue weighted by Gasteiger charge is 2.26. The molecule has 14 heavy (non-hydrogen) atoms. The maximum Gasteiger partial charge on any atom is 0.284 e. The van der Waals surface area contributed by atoms with Crippen LogP contribution in [-0.4, -0.2) is 10.1 Å². The first-order chi connectivity index (χ1) is 6.47. The monoisotopic (exact) mass is 197 g/mol. The maximum absolute atomic E-state index is 12.9. The van der Waals surface area contributed by atoms with Gasteiger partial charge in [-0.15, -0.1) is 0 Å². The molecule has 0 atom stereocenters. The minimum atomic E-state index is -2.88. The Morgan fingerprint density at radius 2 is 2.00 bits per heavy atom. The zero-order valence-corrected chi connectivity index (χ0v) is 7.51. The fourth-order valence-corrected chi connectivity index (χ4v) is 1.35. The van der Waals surface area contributed by atoms with Gasteiger partial charge in [-0.3, -0.25) is 0 Å². The predicted molar refractivity (Wildman–Crippen MR) is 49.5 cm³/mol. The molecule has 0 unspecified atom stereocenters. The van der Waals surface area contributed by atoms with Crippen molar-refractivity contribution in [2.75, 3.05) is 0 Å². The maximum atomic E-state index is 12.9. The van der Waals surface area contributed by atoms with Crippen LogP contribution in [0, 0.1) is 0 Å². The summed E-state index contributed by atoms with van der Waals surface area (Å²) in [5.41, 5.74) is 0.375. The van der Waals surface area contributed by atoms with Crippen molar-refractivity contribution in [3.8, 4) is 5.75 Å². The Morgan fingerprint density at radius 1 is 1.29 bits per heavy atom. The molecule has 2 aromatic rings. The standard InChI is InChI=1S/C10H9F2NO/c1-10(11,12)9-4-6-2-3-7(14)5-8(6)13-9/h2-5,13-14H,1H3. The average molecular weight is 197 g/mol. The number of benzene rings is 1. The van der Waals surface area contributed by atoms with Crippen molar-refractivity contribution in [3.63, 3.8) is 0 Å². The molecule has 2 nitrogen and oxygen atoms in total. The molecule has 0 radical (unpaired) electrons. The van der Waals surface area contributed by atoms with E-state index in [-0.39, 0.29) is 11.4 Å². The lowest BCUT2D eigenvalue weighted by Gasteiger charge is -2.05. The van der Waals surface area contributed by atoms with Gasteiger partial charge in [0.25, 0.3) is 5.92 Å². The van der Waals surface area contributed by atoms with Crippen LogP contribution in [0.15, 0.2) is 24.3 Å². The second kappa shape index (κ2) is 2.70. The fourth-order valence-electron chi connectivity index (χ4n) is 1.35. The molecule has 0 amide bonds. The number of phenolic OH excluding ortho intramolecular Hbond substituents is 1. The third-order valence-corrected chi connectivity index (χ3v) is 2.08. The third kappa shape index (κ3) is 1.43. The summed E-state index contributed by atoms with van der Waals surface area (Å²) >= 11 is 0. The summed E-state index contributed by atoms with van der Waals surface area (Å²) < 4.78 is 25.8. The lowest BCUT2D eigenvalue weighted by molar-refractivity contribution is 0.0135. The SMILES string of the molecule is CC(F)(F)c1cc2ccc(O)cc2[nH]1. The van der Waals surface area contributed by atoms with Crippen molar-refractivity contribution in [1.82, 2.24) is 4.98 Å². The molecular weight excluding hydrogens is 188 g/mol. The molecule has 2 N–H and O–H groups in total. The molecule has 74 valence electrons. The average Bonchev–Trinajstić information content (AvgIpc) is 2.45. The Morgan fingerprint density at radius 3 is 2.64 bits per heavy atom. The quantitative estimate of drug-likeness (QED) is 0.724. The van der Waals surface area contributed by atoms with Gasteiger partial charge in [0.05, 0.1) is 5.69 Å². The molecule has 0 saturated carbocycles. The Bertz CT molecular complexity index is 470. The zero-order chi connectivity index (χ0) is 10.3. The van der Waals surface area contributed by atoms with E-state index in [1.54, 1.807) is 6.07 Å². The molecular formula is C10H9F2NO. The van der Waals surface area contributed by atoms with E-state index in [1.165, 1.54) is 18.2 Å². The highest BCUT2D eigenvalue weighted by Crippen LogP contribution is 2.30. The number of hydrogen-bond donors (Lipinski definition) is 2. The van der Waals surface area contributed by atoms with Gasteiger partial charge in [0.1, 0.15) is 5.75 Å². The van der Waals surface area contributed by atoms with E-state index in [2.05, 4.69) is 4.98 Å². The lowest BCUT2D eigenvalue weighted by Crippen LogP contribution is -2.06. The first-order valence-corrected chi connectivity index (χ1v) is 4.17. The van der Waals surface area contributed by atoms with E-state index >= 15 is 0 Å². The van der Waals surface area contributed by atoms with E-state index in [4.69, 9.17) is 5.11 Å². The zero-order valence-electron chi connectivity index (χ0n) is 7.51. The number of phenols is 1. The number of alkyl halides is 2. The van der Waals surface area contributed by atoms with Crippen molar-refractivity contribution in [2.24, 2.45) is 0 Å². The van der Waals surface area contributed by atoms with Crippen LogP contribution in [-0.2, 0) is 5.92 Å². The van der Waals surface area contributed by atoms with E-state index in [9.17, 15) is 8.78 Å². The summed E-state index contributed by atoms with van der Waals surface area (Å²) in [6, 6.07) is 5.86. The molecule has 0 fully saturated rings. The van der Waals surface area contributed by atoms with Gasteiger partial charge in [0.2, 0.25) is 0 Å². The molecule has 0 aliphatic heterocycles. The van der Waals surface area contributed by atoms with Gasteiger partial charge < -0.3 is 10.1 Å². The van der Waals surface area contributed by atoms with Crippen LogP contribution in [0.5, 0.6) is 5.75 Å². The topological polar surface area (TPSA) is 36.0 Å². The van der Waals surface area contributed by atoms with Crippen LogP contribution < -0.4 is 0 Å². The number of rotatable bonds is 1. The fraction of sp³-hybridized carbons (Fsp3) is 0.200. The van der Waals surface area contributed by atoms with Crippen LogP contribution in [0.2, 0.25) is 0 Å². The number of halogens is 2. The molecule has 1 heterocycles. The van der Waals surface area contributed by atoms with Gasteiger partial charge in [-0.1, -0.05) is 0 Å². The number of hydrogen-bond acceptors (Lipinski definition) is 1. The second-order valence-corrected chi connectivity index (χ2v) is 3.34. The highest BCUT2D eigenvalue weighted by molar-refractivity contribution is 5.81. The van der Waals surface area contributed by atoms with Crippen LogP contribution in [0.25, 0.3) is 10.9 Å². The number of H-pyrrole nitrogens is 1. The summed E-state index contributed by atoms with van der Waals surface area (Å²) in [4.78, 5) is 2.57. The minimum Gasteiger partial charge on any atom is -0.508 e. The van der Waals surface area contributed by atoms with Gasteiger partial charge in [-0.05, 0) is 18.2 Å². The van der Waals surface area contributed by atoms with Crippen molar-refractivity contribution in [2.45, 2.75) is 12.8 Å². The van der Waals surface area contributed by atoms with Crippen molar-refractivity contribution < 1.29 is 13.9 Å². The lowest BCUT2D eigenvalue weighted by atomic mass is 10.2. The van der Waals surface area contributed by atoms with Crippen LogP contribution >= 0.6 is 0 Å². The molecule has 4 heteroatoms. The third-order valence-electron chi connectivity index (χ3n) is 2.08. The molecule has 1 aromatic carbocycles. The molecule has 0 bridgehead atoms. The Balaban J connectivity index is 2.63. The summed E-state index contributed by atoms with van der Waals surface area (Å²) in [6.07, 6.45) is 0. The Hall–Kier alpha value is -1.58. The molecule has 1 aromatic heterocycles. The van der Waals surface area contributed by atoms with Crippen LogP contribution in [0.4, 0.5) is 8.78 Å². The van der Waals surface area contributed by atoms with Crippen LogP contribution in [0.3, 0.4) is 0 Å². The molecule has 0 spiro atoms. The van der Waals surface area contributed by atoms with E-state index in [0.29, 0.717) is 10.9 Å². The van der Waals surface area contributed by atoms with Gasteiger partial charge in [0.15, 0.2) is 0 Å². The molecule has 0 aliphatic carbocycles. The first kappa shape index (κ1) is 8.99. The number of aromatic hydroxyl groups is 1. The van der Waals surface area contributed by atoms with E-state index < -0.39 is 5.92 Å². The molecule has 2 rings (SSSR count). The van der Waals surface area contributed by atoms with Gasteiger partial charge in [-0.25, -0.2) is 8.78 Å². The minimum absolute atomic E-state index is 0.0605. The Labute approximate surface area is 79.2 Å².